The molecule has 0 spiro atoms. The zero-order valence-electron chi connectivity index (χ0n) is 23.9. The van der Waals surface area contributed by atoms with Gasteiger partial charge in [-0.15, -0.1) is 11.5 Å². The number of fused-ring (bicyclic) bond motifs is 2. The molecule has 0 aromatic heterocycles. The molecule has 0 saturated carbocycles. The topological polar surface area (TPSA) is 164 Å². The summed E-state index contributed by atoms with van der Waals surface area (Å²) in [6.07, 6.45) is 2.53. The van der Waals surface area contributed by atoms with Crippen molar-refractivity contribution in [1.82, 2.24) is 10.6 Å². The number of amides is 2. The van der Waals surface area contributed by atoms with E-state index in [1.165, 1.54) is 48.5 Å². The van der Waals surface area contributed by atoms with Crippen molar-refractivity contribution in [3.8, 4) is 28.2 Å². The summed E-state index contributed by atoms with van der Waals surface area (Å²) in [6.45, 7) is 3.71. The number of ether oxygens (including phenoxy) is 1. The molecule has 0 bridgehead atoms. The molecule has 5 rings (SSSR count). The first-order valence-corrected chi connectivity index (χ1v) is 13.9. The number of hydrogen-bond donors (Lipinski definition) is 3. The van der Waals surface area contributed by atoms with E-state index < -0.39 is 11.9 Å². The van der Waals surface area contributed by atoms with E-state index in [9.17, 15) is 29.2 Å². The molecule has 2 amide bonds. The van der Waals surface area contributed by atoms with Gasteiger partial charge in [0.1, 0.15) is 22.8 Å². The lowest BCUT2D eigenvalue weighted by atomic mass is 9.89. The van der Waals surface area contributed by atoms with Crippen LogP contribution in [0.1, 0.15) is 26.3 Å². The number of nitrogens with one attached hydrogen (secondary N) is 2. The highest BCUT2D eigenvalue weighted by Crippen LogP contribution is 2.42. The maximum absolute atomic E-state index is 12.9. The zero-order chi connectivity index (χ0) is 31.9. The molecule has 0 radical (unpaired) electrons. The summed E-state index contributed by atoms with van der Waals surface area (Å²) >= 11 is 0. The molecular weight excluding hydrogens is 578 g/mol. The fourth-order valence-electron chi connectivity index (χ4n) is 4.85. The van der Waals surface area contributed by atoms with E-state index in [2.05, 4.69) is 22.4 Å². The van der Waals surface area contributed by atoms with Crippen molar-refractivity contribution in [2.45, 2.75) is 6.42 Å². The first-order chi connectivity index (χ1) is 21.8. The van der Waals surface area contributed by atoms with Gasteiger partial charge in [-0.1, -0.05) is 24.3 Å². The quantitative estimate of drug-likeness (QED) is 0.0745. The van der Waals surface area contributed by atoms with Crippen LogP contribution in [0.4, 0.5) is 5.69 Å². The fourth-order valence-corrected chi connectivity index (χ4v) is 4.85. The molecule has 1 aliphatic heterocycles. The lowest BCUT2D eigenvalue weighted by Crippen LogP contribution is -2.36. The molecule has 226 valence electrons. The summed E-state index contributed by atoms with van der Waals surface area (Å²) in [5, 5.41) is 18.9. The van der Waals surface area contributed by atoms with E-state index in [1.807, 2.05) is 12.1 Å². The van der Waals surface area contributed by atoms with E-state index in [0.717, 1.165) is 12.0 Å². The average Bonchev–Trinajstić information content (AvgIpc) is 3.04. The molecule has 1 heterocycles. The fraction of sp³-hybridized carbons (Fsp3) is 0.118. The van der Waals surface area contributed by atoms with Gasteiger partial charge in [0.25, 0.3) is 11.8 Å². The second kappa shape index (κ2) is 13.5. The smallest absolute Gasteiger partial charge is 0.336 e. The summed E-state index contributed by atoms with van der Waals surface area (Å²) in [4.78, 5) is 60.6. The van der Waals surface area contributed by atoms with Gasteiger partial charge in [-0.3, -0.25) is 14.4 Å². The van der Waals surface area contributed by atoms with Crippen LogP contribution in [0.3, 0.4) is 0 Å². The Balaban J connectivity index is 1.29. The lowest BCUT2D eigenvalue weighted by molar-refractivity contribution is -0.123. The van der Waals surface area contributed by atoms with Crippen LogP contribution in [0.25, 0.3) is 33.4 Å². The van der Waals surface area contributed by atoms with Crippen molar-refractivity contribution < 1.29 is 28.6 Å². The Kier molecular flexibility index (Phi) is 9.09. The van der Waals surface area contributed by atoms with E-state index >= 15 is 0 Å². The van der Waals surface area contributed by atoms with Gasteiger partial charge in [0, 0.05) is 47.3 Å². The van der Waals surface area contributed by atoms with E-state index in [0.29, 0.717) is 22.3 Å². The van der Waals surface area contributed by atoms with Gasteiger partial charge in [-0.05, 0) is 71.3 Å². The molecule has 2 aliphatic rings. The maximum Gasteiger partial charge on any atom is 0.336 e. The van der Waals surface area contributed by atoms with E-state index in [1.54, 1.807) is 24.3 Å². The summed E-state index contributed by atoms with van der Waals surface area (Å²) in [7, 11) is 0. The lowest BCUT2D eigenvalue weighted by Gasteiger charge is -2.17. The summed E-state index contributed by atoms with van der Waals surface area (Å²) in [6, 6.07) is 20.2. The predicted octanol–water partition coefficient (Wildman–Crippen LogP) is 5.31. The van der Waals surface area contributed by atoms with Gasteiger partial charge >= 0.3 is 5.97 Å². The number of carboxylic acid groups (broad SMARTS) is 1. The molecular formula is C34H27N3O8. The van der Waals surface area contributed by atoms with Crippen LogP contribution in [0.15, 0.2) is 106 Å². The third kappa shape index (κ3) is 6.94. The molecule has 3 aromatic rings. The van der Waals surface area contributed by atoms with Gasteiger partial charge in [-0.2, -0.15) is 0 Å². The van der Waals surface area contributed by atoms with Crippen LogP contribution in [-0.4, -0.2) is 42.6 Å². The molecule has 3 aromatic carbocycles. The number of hydrogen-bond acceptors (Lipinski definition) is 8. The molecule has 0 unspecified atom stereocenters. The monoisotopic (exact) mass is 605 g/mol. The number of nitroso groups, excluding NO2 is 1. The van der Waals surface area contributed by atoms with Crippen LogP contribution < -0.4 is 20.8 Å². The highest BCUT2D eigenvalue weighted by molar-refractivity contribution is 6.09. The van der Waals surface area contributed by atoms with Crippen molar-refractivity contribution in [2.75, 3.05) is 19.7 Å². The Morgan fingerprint density at radius 1 is 0.911 bits per heavy atom. The number of carbonyl (C=O) groups is 3. The molecule has 0 saturated heterocycles. The SMILES string of the molecule is C=CCc1ccc(OCC(=O)NCCNC(=O)c2ccc(-c3c4ccc(=O)cc-4oc4cc(N=O)ccc34)c(C(=O)O)c2)cc1. The Bertz CT molecular complexity index is 1960. The van der Waals surface area contributed by atoms with Gasteiger partial charge in [0.05, 0.1) is 5.56 Å². The van der Waals surface area contributed by atoms with Crippen molar-refractivity contribution >= 4 is 34.4 Å². The number of rotatable bonds is 12. The first kappa shape index (κ1) is 30.4. The zero-order valence-corrected chi connectivity index (χ0v) is 23.9. The third-order valence-corrected chi connectivity index (χ3v) is 6.97. The highest BCUT2D eigenvalue weighted by atomic mass is 16.5. The van der Waals surface area contributed by atoms with Gasteiger partial charge in [0.2, 0.25) is 0 Å². The average molecular weight is 606 g/mol. The molecule has 1 aliphatic carbocycles. The number of allylic oxidation sites excluding steroid dienone is 1. The number of carboxylic acids is 1. The Hall–Kier alpha value is -6.10. The largest absolute Gasteiger partial charge is 0.484 e. The molecule has 11 heteroatoms. The van der Waals surface area contributed by atoms with Crippen molar-refractivity contribution in [1.29, 1.82) is 0 Å². The minimum atomic E-state index is -1.28. The Labute approximate surface area is 256 Å². The molecule has 3 N–H and O–H groups in total. The van der Waals surface area contributed by atoms with Gasteiger partial charge < -0.3 is 24.9 Å². The van der Waals surface area contributed by atoms with Crippen LogP contribution in [0, 0.1) is 4.91 Å². The molecule has 45 heavy (non-hydrogen) atoms. The minimum Gasteiger partial charge on any atom is -0.484 e. The van der Waals surface area contributed by atoms with E-state index in [-0.39, 0.29) is 64.8 Å². The Morgan fingerprint density at radius 2 is 1.67 bits per heavy atom. The van der Waals surface area contributed by atoms with E-state index in [4.69, 9.17) is 9.15 Å². The summed E-state index contributed by atoms with van der Waals surface area (Å²) in [5.74, 6) is -1.44. The molecule has 11 nitrogen and oxygen atoms in total. The summed E-state index contributed by atoms with van der Waals surface area (Å²) < 4.78 is 11.3. The highest BCUT2D eigenvalue weighted by Gasteiger charge is 2.23. The van der Waals surface area contributed by atoms with Crippen LogP contribution in [0.5, 0.6) is 5.75 Å². The second-order valence-corrected chi connectivity index (χ2v) is 10.0. The molecule has 0 fully saturated rings. The van der Waals surface area contributed by atoms with Crippen LogP contribution in [0.2, 0.25) is 0 Å². The van der Waals surface area contributed by atoms with Gasteiger partial charge in [0.15, 0.2) is 12.0 Å². The molecule has 0 atom stereocenters. The second-order valence-electron chi connectivity index (χ2n) is 10.0. The normalized spacial score (nSPS) is 10.8. The van der Waals surface area contributed by atoms with Crippen LogP contribution in [-0.2, 0) is 11.2 Å². The number of benzene rings is 4. The predicted molar refractivity (Wildman–Crippen MR) is 168 cm³/mol. The number of aromatic carboxylic acids is 1. The number of nitrogens with zero attached hydrogens (tertiary/aromatic N) is 1. The van der Waals surface area contributed by atoms with Crippen molar-refractivity contribution in [3.63, 3.8) is 0 Å². The standard InChI is InChI=1S/C34H27N3O8/c1-2-3-20-4-9-24(10-5-20)44-19-31(39)35-14-15-36-33(40)21-6-11-25(28(16-21)34(41)42)32-26-12-7-22(37-43)17-29(26)45-30-18-23(38)8-13-27(30)32/h2,4-13,16-18H,1,3,14-15,19H2,(H,35,39)(H,36,40)(H,41,42). The van der Waals surface area contributed by atoms with Crippen LogP contribution >= 0.6 is 0 Å². The summed E-state index contributed by atoms with van der Waals surface area (Å²) in [5.41, 5.74) is 2.21. The van der Waals surface area contributed by atoms with Crippen molar-refractivity contribution in [3.05, 3.63) is 123 Å². The minimum absolute atomic E-state index is 0.0884. The Morgan fingerprint density at radius 3 is 2.40 bits per heavy atom. The number of carbonyl (C=O) groups excluding carboxylic acids is 2. The first-order valence-electron chi connectivity index (χ1n) is 13.9. The van der Waals surface area contributed by atoms with Crippen molar-refractivity contribution in [2.24, 2.45) is 5.18 Å². The maximum atomic E-state index is 12.9. The third-order valence-electron chi connectivity index (χ3n) is 6.97. The van der Waals surface area contributed by atoms with Gasteiger partial charge in [-0.25, -0.2) is 4.79 Å².